The van der Waals surface area contributed by atoms with Crippen molar-refractivity contribution in [1.29, 1.82) is 0 Å². The molecule has 0 radical (unpaired) electrons. The molecule has 142 valence electrons. The van der Waals surface area contributed by atoms with Gasteiger partial charge < -0.3 is 9.73 Å². The Morgan fingerprint density at radius 3 is 2.89 bits per heavy atom. The van der Waals surface area contributed by atoms with Crippen LogP contribution in [0.1, 0.15) is 30.9 Å². The number of benzene rings is 1. The first-order chi connectivity index (χ1) is 13.3. The summed E-state index contributed by atoms with van der Waals surface area (Å²) in [5, 5.41) is 2.45. The average Bonchev–Trinajstić information content (AvgIpc) is 2.62. The molecule has 1 aliphatic rings. The molecule has 0 saturated heterocycles. The summed E-state index contributed by atoms with van der Waals surface area (Å²) in [5.74, 6) is 5.60. The lowest BCUT2D eigenvalue weighted by atomic mass is 10.1. The molecular formula is C19H14N2O6S. The first-order valence-electron chi connectivity index (χ1n) is 8.23. The van der Waals surface area contributed by atoms with E-state index in [0.29, 0.717) is 23.1 Å². The second-order valence-corrected chi connectivity index (χ2v) is 7.29. The Labute approximate surface area is 160 Å². The third-order valence-corrected chi connectivity index (χ3v) is 5.06. The highest BCUT2D eigenvalue weighted by Crippen LogP contribution is 2.25. The summed E-state index contributed by atoms with van der Waals surface area (Å²) in [5.41, 5.74) is 0.240. The highest BCUT2D eigenvalue weighted by molar-refractivity contribution is 7.91. The predicted octanol–water partition coefficient (Wildman–Crippen LogP) is 2.46. The van der Waals surface area contributed by atoms with Crippen LogP contribution in [0.2, 0.25) is 0 Å². The molecule has 0 bridgehead atoms. The van der Waals surface area contributed by atoms with Gasteiger partial charge >= 0.3 is 20.8 Å². The van der Waals surface area contributed by atoms with E-state index in [1.165, 1.54) is 19.1 Å². The highest BCUT2D eigenvalue weighted by atomic mass is 32.2. The normalized spacial score (nSPS) is 14.1. The molecule has 1 N–H and O–H groups in total. The summed E-state index contributed by atoms with van der Waals surface area (Å²) < 4.78 is 33.7. The third kappa shape index (κ3) is 3.96. The molecule has 0 unspecified atom stereocenters. The van der Waals surface area contributed by atoms with Gasteiger partial charge in [0.25, 0.3) is 0 Å². The molecule has 0 aliphatic carbocycles. The van der Waals surface area contributed by atoms with Crippen molar-refractivity contribution in [2.75, 3.05) is 11.9 Å². The average molecular weight is 398 g/mol. The largest absolute Gasteiger partial charge is 0.422 e. The maximum atomic E-state index is 12.3. The first-order valence-corrected chi connectivity index (χ1v) is 9.64. The zero-order valence-electron chi connectivity index (χ0n) is 14.7. The number of nitrogens with zero attached hydrogens (tertiary/aromatic N) is 1. The molecule has 2 heterocycles. The van der Waals surface area contributed by atoms with Gasteiger partial charge in [-0.05, 0) is 31.2 Å². The summed E-state index contributed by atoms with van der Waals surface area (Å²) in [6.45, 7) is 8.39. The van der Waals surface area contributed by atoms with Gasteiger partial charge in [0, 0.05) is 18.2 Å². The second-order valence-electron chi connectivity index (χ2n) is 5.73. The number of nitrogens with one attached hydrogen (secondary N) is 1. The summed E-state index contributed by atoms with van der Waals surface area (Å²) in [6.07, 6.45) is 1.59. The summed E-state index contributed by atoms with van der Waals surface area (Å²) in [7, 11) is -4.27. The van der Waals surface area contributed by atoms with Gasteiger partial charge in [0.1, 0.15) is 5.58 Å². The molecule has 1 amide bonds. The van der Waals surface area contributed by atoms with E-state index >= 15 is 0 Å². The molecule has 28 heavy (non-hydrogen) atoms. The van der Waals surface area contributed by atoms with Gasteiger partial charge in [-0.25, -0.2) is 18.1 Å². The van der Waals surface area contributed by atoms with E-state index in [1.807, 2.05) is 0 Å². The predicted molar refractivity (Wildman–Crippen MR) is 102 cm³/mol. The number of carbonyl (C=O) groups is 1. The topological polar surface area (TPSA) is 107 Å². The van der Waals surface area contributed by atoms with E-state index in [-0.39, 0.29) is 30.1 Å². The number of hydrogen-bond acceptors (Lipinski definition) is 6. The van der Waals surface area contributed by atoms with Crippen LogP contribution in [0.15, 0.2) is 32.4 Å². The Hall–Kier alpha value is -3.40. The van der Waals surface area contributed by atoms with Crippen LogP contribution in [0.3, 0.4) is 0 Å². The Morgan fingerprint density at radius 1 is 1.39 bits per heavy atom. The van der Waals surface area contributed by atoms with Crippen LogP contribution in [0, 0.1) is 18.4 Å². The molecule has 1 aliphatic heterocycles. The van der Waals surface area contributed by atoms with Gasteiger partial charge in [0.2, 0.25) is 5.91 Å². The minimum atomic E-state index is -4.27. The second kappa shape index (κ2) is 7.69. The Kier molecular flexibility index (Phi) is 5.32. The van der Waals surface area contributed by atoms with Gasteiger partial charge in [-0.1, -0.05) is 11.8 Å². The molecular weight excluding hydrogens is 384 g/mol. The molecule has 0 atom stereocenters. The molecule has 8 nitrogen and oxygen atoms in total. The summed E-state index contributed by atoms with van der Waals surface area (Å²) >= 11 is 0. The quantitative estimate of drug-likeness (QED) is 0.367. The molecule has 0 spiro atoms. The number of rotatable bonds is 4. The van der Waals surface area contributed by atoms with E-state index < -0.39 is 20.8 Å². The van der Waals surface area contributed by atoms with Gasteiger partial charge in [-0.15, -0.1) is 0 Å². The van der Waals surface area contributed by atoms with Crippen LogP contribution in [0.5, 0.6) is 0 Å². The molecule has 2 aromatic rings. The van der Waals surface area contributed by atoms with Crippen molar-refractivity contribution in [1.82, 2.24) is 0 Å². The van der Waals surface area contributed by atoms with E-state index in [1.54, 1.807) is 6.07 Å². The lowest BCUT2D eigenvalue weighted by Gasteiger charge is -2.10. The Morgan fingerprint density at radius 2 is 2.18 bits per heavy atom. The van der Waals surface area contributed by atoms with E-state index in [0.717, 1.165) is 6.08 Å². The van der Waals surface area contributed by atoms with Crippen LogP contribution in [0.25, 0.3) is 21.9 Å². The fraction of sp³-hybridized carbons (Fsp3) is 0.211. The molecule has 1 aromatic heterocycles. The van der Waals surface area contributed by atoms with Crippen molar-refractivity contribution < 1.29 is 21.8 Å². The monoisotopic (exact) mass is 398 g/mol. The number of amides is 1. The zero-order valence-corrected chi connectivity index (χ0v) is 15.6. The molecule has 0 fully saturated rings. The van der Waals surface area contributed by atoms with Crippen LogP contribution >= 0.6 is 0 Å². The number of hydrogen-bond donors (Lipinski definition) is 1. The number of anilines is 1. The minimum Gasteiger partial charge on any atom is -0.422 e. The van der Waals surface area contributed by atoms with Crippen LogP contribution in [-0.2, 0) is 19.1 Å². The highest BCUT2D eigenvalue weighted by Gasteiger charge is 2.20. The lowest BCUT2D eigenvalue weighted by molar-refractivity contribution is -0.116. The van der Waals surface area contributed by atoms with Gasteiger partial charge in [0.05, 0.1) is 30.0 Å². The van der Waals surface area contributed by atoms with E-state index in [4.69, 9.17) is 11.0 Å². The fourth-order valence-electron chi connectivity index (χ4n) is 2.55. The van der Waals surface area contributed by atoms with Crippen LogP contribution < -0.4 is 10.9 Å². The SMILES string of the molecule is [C-]#[N+]/C(=C/c1cc2cc3c(cc2oc1=O)C#CCCC(=O)N3)S(=O)(=O)OCC. The molecule has 3 rings (SSSR count). The smallest absolute Gasteiger partial charge is 0.342 e. The standard InChI is InChI=1S/C19H14N2O6S/c1-3-26-28(24,25)18(20-2)11-14-8-13-9-15-12(10-16(13)27-19(14)23)6-4-5-7-17(22)21-15/h8-11H,3,5,7H2,1H3,(H,21,22)/b18-11-. The van der Waals surface area contributed by atoms with Crippen molar-refractivity contribution in [3.8, 4) is 11.8 Å². The van der Waals surface area contributed by atoms with Crippen LogP contribution in [-0.4, -0.2) is 20.9 Å². The third-order valence-electron chi connectivity index (χ3n) is 3.79. The van der Waals surface area contributed by atoms with E-state index in [9.17, 15) is 18.0 Å². The first kappa shape index (κ1) is 19.4. The van der Waals surface area contributed by atoms with Crippen molar-refractivity contribution in [3.05, 3.63) is 56.2 Å². The van der Waals surface area contributed by atoms with Crippen molar-refractivity contribution in [2.45, 2.75) is 19.8 Å². The van der Waals surface area contributed by atoms with Gasteiger partial charge in [0.15, 0.2) is 0 Å². The Balaban J connectivity index is 2.17. The fourth-order valence-corrected chi connectivity index (χ4v) is 3.36. The lowest BCUT2D eigenvalue weighted by Crippen LogP contribution is -2.13. The van der Waals surface area contributed by atoms with Crippen LogP contribution in [0.4, 0.5) is 5.69 Å². The van der Waals surface area contributed by atoms with Crippen molar-refractivity contribution in [2.24, 2.45) is 0 Å². The van der Waals surface area contributed by atoms with Gasteiger partial charge in [-0.2, -0.15) is 0 Å². The Bertz CT molecular complexity index is 1270. The molecule has 1 aromatic carbocycles. The molecule has 9 heteroatoms. The van der Waals surface area contributed by atoms with Gasteiger partial charge in [-0.3, -0.25) is 8.98 Å². The van der Waals surface area contributed by atoms with Crippen molar-refractivity contribution >= 4 is 38.8 Å². The van der Waals surface area contributed by atoms with Crippen molar-refractivity contribution in [3.63, 3.8) is 0 Å². The minimum absolute atomic E-state index is 0.134. The zero-order chi connectivity index (χ0) is 20.3. The maximum Gasteiger partial charge on any atom is 0.342 e. The maximum absolute atomic E-state index is 12.3. The van der Waals surface area contributed by atoms with E-state index in [2.05, 4.69) is 26.2 Å². The number of carbonyl (C=O) groups excluding carboxylic acids is 1. The molecule has 0 saturated carbocycles. The summed E-state index contributed by atoms with van der Waals surface area (Å²) in [4.78, 5) is 27.0. The number of fused-ring (bicyclic) bond motifs is 2. The summed E-state index contributed by atoms with van der Waals surface area (Å²) in [6, 6.07) is 4.49.